The van der Waals surface area contributed by atoms with E-state index in [1.165, 1.54) is 6.04 Å². The highest BCUT2D eigenvalue weighted by Crippen LogP contribution is 2.20. The summed E-state index contributed by atoms with van der Waals surface area (Å²) in [5.74, 6) is 0. The van der Waals surface area contributed by atoms with Crippen LogP contribution < -0.4 is 0 Å². The maximum Gasteiger partial charge on any atom is 0.155 e. The van der Waals surface area contributed by atoms with Crippen LogP contribution in [0, 0.1) is 0 Å². The topological polar surface area (TPSA) is 18.5 Å². The molecule has 1 aliphatic heterocycles. The number of hydrogen-bond donors (Lipinski definition) is 0. The summed E-state index contributed by atoms with van der Waals surface area (Å²) in [5.41, 5.74) is 0. The van der Waals surface area contributed by atoms with Gasteiger partial charge in [-0.1, -0.05) is 19.6 Å². The summed E-state index contributed by atoms with van der Waals surface area (Å²) in [6, 6.07) is 1.22. The lowest BCUT2D eigenvalue weighted by Gasteiger charge is -2.19. The molecule has 0 aromatic rings. The molecule has 0 bridgehead atoms. The molecule has 66 valence electrons. The zero-order chi connectivity index (χ0) is 8.48. The van der Waals surface area contributed by atoms with Gasteiger partial charge in [-0.2, -0.15) is 0 Å². The molecule has 2 unspecified atom stereocenters. The van der Waals surface area contributed by atoms with Gasteiger partial charge >= 0.3 is 0 Å². The Balaban J connectivity index is 2.29. The molecule has 0 aromatic carbocycles. The van der Waals surface area contributed by atoms with E-state index in [0.717, 1.165) is 6.61 Å². The Bertz CT molecular complexity index is 131. The Labute approximate surface area is 69.9 Å². The monoisotopic (exact) mass is 174 g/mol. The van der Waals surface area contributed by atoms with E-state index in [4.69, 9.17) is 9.47 Å². The van der Waals surface area contributed by atoms with Gasteiger partial charge in [-0.15, -0.1) is 0 Å². The van der Waals surface area contributed by atoms with Crippen molar-refractivity contribution in [2.24, 2.45) is 0 Å². The lowest BCUT2D eigenvalue weighted by molar-refractivity contribution is -0.0391. The maximum atomic E-state index is 5.55. The predicted octanol–water partition coefficient (Wildman–Crippen LogP) is 2.09. The molecule has 0 saturated carbocycles. The van der Waals surface area contributed by atoms with Gasteiger partial charge in [-0.05, 0) is 13.0 Å². The molecule has 11 heavy (non-hydrogen) atoms. The van der Waals surface area contributed by atoms with Crippen LogP contribution >= 0.6 is 0 Å². The molecule has 0 aromatic heterocycles. The second-order valence-electron chi connectivity index (χ2n) is 4.42. The van der Waals surface area contributed by atoms with Gasteiger partial charge in [0, 0.05) is 8.07 Å². The van der Waals surface area contributed by atoms with Crippen LogP contribution in [0.1, 0.15) is 6.92 Å². The fourth-order valence-electron chi connectivity index (χ4n) is 1.38. The Morgan fingerprint density at radius 1 is 1.36 bits per heavy atom. The normalized spacial score (nSPS) is 32.7. The van der Waals surface area contributed by atoms with E-state index in [-0.39, 0.29) is 6.29 Å². The van der Waals surface area contributed by atoms with Crippen LogP contribution in [-0.4, -0.2) is 27.1 Å². The highest BCUT2D eigenvalue weighted by atomic mass is 28.3. The smallest absolute Gasteiger partial charge is 0.155 e. The van der Waals surface area contributed by atoms with Gasteiger partial charge in [0.05, 0.1) is 12.7 Å². The van der Waals surface area contributed by atoms with E-state index in [1.54, 1.807) is 0 Å². The molecule has 3 heteroatoms. The summed E-state index contributed by atoms with van der Waals surface area (Å²) in [4.78, 5) is 0. The predicted molar refractivity (Wildman–Crippen MR) is 48.4 cm³/mol. The van der Waals surface area contributed by atoms with E-state index >= 15 is 0 Å². The van der Waals surface area contributed by atoms with Crippen LogP contribution in [0.25, 0.3) is 0 Å². The minimum Gasteiger partial charge on any atom is -0.350 e. The van der Waals surface area contributed by atoms with Crippen LogP contribution in [0.4, 0.5) is 0 Å². The first-order valence-electron chi connectivity index (χ1n) is 4.24. The molecule has 1 saturated heterocycles. The molecule has 1 heterocycles. The molecular weight excluding hydrogens is 156 g/mol. The molecule has 2 atom stereocenters. The molecule has 0 N–H and O–H groups in total. The van der Waals surface area contributed by atoms with Crippen molar-refractivity contribution in [3.05, 3.63) is 0 Å². The van der Waals surface area contributed by atoms with Crippen molar-refractivity contribution in [1.82, 2.24) is 0 Å². The van der Waals surface area contributed by atoms with E-state index in [9.17, 15) is 0 Å². The van der Waals surface area contributed by atoms with Crippen LogP contribution in [0.15, 0.2) is 0 Å². The molecule has 0 radical (unpaired) electrons. The largest absolute Gasteiger partial charge is 0.350 e. The third-order valence-corrected chi connectivity index (χ3v) is 3.42. The highest BCUT2D eigenvalue weighted by Gasteiger charge is 2.27. The van der Waals surface area contributed by atoms with Gasteiger partial charge < -0.3 is 9.47 Å². The molecule has 0 aliphatic carbocycles. The van der Waals surface area contributed by atoms with E-state index in [0.29, 0.717) is 6.10 Å². The number of hydrogen-bond acceptors (Lipinski definition) is 2. The first kappa shape index (κ1) is 9.23. The second kappa shape index (κ2) is 3.25. The standard InChI is InChI=1S/C8H18O2Si/c1-7-9-5-8(10-7)6-11(2,3)4/h7-8H,5-6H2,1-4H3. The van der Waals surface area contributed by atoms with Gasteiger partial charge in [-0.3, -0.25) is 0 Å². The lowest BCUT2D eigenvalue weighted by Crippen LogP contribution is -2.28. The Morgan fingerprint density at radius 2 is 2.00 bits per heavy atom. The molecule has 1 rings (SSSR count). The summed E-state index contributed by atoms with van der Waals surface area (Å²) in [6.45, 7) is 9.84. The fourth-order valence-corrected chi connectivity index (χ4v) is 2.96. The first-order chi connectivity index (χ1) is 4.97. The average Bonchev–Trinajstić information content (AvgIpc) is 2.10. The third-order valence-electron chi connectivity index (χ3n) is 1.74. The van der Waals surface area contributed by atoms with Crippen LogP contribution in [0.3, 0.4) is 0 Å². The van der Waals surface area contributed by atoms with Crippen molar-refractivity contribution in [2.75, 3.05) is 6.61 Å². The van der Waals surface area contributed by atoms with Gasteiger partial charge in [0.15, 0.2) is 6.29 Å². The van der Waals surface area contributed by atoms with E-state index in [2.05, 4.69) is 19.6 Å². The van der Waals surface area contributed by atoms with Crippen molar-refractivity contribution < 1.29 is 9.47 Å². The zero-order valence-electron chi connectivity index (χ0n) is 7.89. The summed E-state index contributed by atoms with van der Waals surface area (Å²) < 4.78 is 10.9. The molecule has 0 amide bonds. The van der Waals surface area contributed by atoms with E-state index < -0.39 is 8.07 Å². The minimum atomic E-state index is -0.957. The number of ether oxygens (including phenoxy) is 2. The second-order valence-corrected chi connectivity index (χ2v) is 9.95. The summed E-state index contributed by atoms with van der Waals surface area (Å²) in [5, 5.41) is 0. The van der Waals surface area contributed by atoms with Crippen molar-refractivity contribution >= 4 is 8.07 Å². The number of rotatable bonds is 2. The molecule has 1 aliphatic rings. The van der Waals surface area contributed by atoms with Crippen LogP contribution in [0.2, 0.25) is 25.7 Å². The highest BCUT2D eigenvalue weighted by molar-refractivity contribution is 6.76. The average molecular weight is 174 g/mol. The van der Waals surface area contributed by atoms with Crippen molar-refractivity contribution in [3.63, 3.8) is 0 Å². The maximum absolute atomic E-state index is 5.55. The first-order valence-corrected chi connectivity index (χ1v) is 7.95. The van der Waals surface area contributed by atoms with Gasteiger partial charge in [0.2, 0.25) is 0 Å². The third kappa shape index (κ3) is 3.36. The lowest BCUT2D eigenvalue weighted by atomic mass is 10.4. The zero-order valence-corrected chi connectivity index (χ0v) is 8.89. The van der Waals surface area contributed by atoms with Crippen molar-refractivity contribution in [2.45, 2.75) is 45.0 Å². The van der Waals surface area contributed by atoms with Crippen LogP contribution in [-0.2, 0) is 9.47 Å². The Hall–Kier alpha value is 0.137. The van der Waals surface area contributed by atoms with Crippen molar-refractivity contribution in [3.8, 4) is 0 Å². The Kier molecular flexibility index (Phi) is 2.73. The van der Waals surface area contributed by atoms with Crippen LogP contribution in [0.5, 0.6) is 0 Å². The Morgan fingerprint density at radius 3 is 2.36 bits per heavy atom. The molecule has 0 spiro atoms. The van der Waals surface area contributed by atoms with E-state index in [1.807, 2.05) is 6.92 Å². The molecule has 2 nitrogen and oxygen atoms in total. The quantitative estimate of drug-likeness (QED) is 0.597. The fraction of sp³-hybridized carbons (Fsp3) is 1.00. The molecular formula is C8H18O2Si. The van der Waals surface area contributed by atoms with Gasteiger partial charge in [0.1, 0.15) is 0 Å². The minimum absolute atomic E-state index is 0.0244. The molecule has 1 fully saturated rings. The van der Waals surface area contributed by atoms with Gasteiger partial charge in [0.25, 0.3) is 0 Å². The van der Waals surface area contributed by atoms with Gasteiger partial charge in [-0.25, -0.2) is 0 Å². The summed E-state index contributed by atoms with van der Waals surface area (Å²) in [7, 11) is -0.957. The summed E-state index contributed by atoms with van der Waals surface area (Å²) >= 11 is 0. The summed E-state index contributed by atoms with van der Waals surface area (Å²) in [6.07, 6.45) is 0.396. The SMILES string of the molecule is CC1OCC(C[Si](C)(C)C)O1. The van der Waals surface area contributed by atoms with Crippen molar-refractivity contribution in [1.29, 1.82) is 0 Å².